The quantitative estimate of drug-likeness (QED) is 0.681. The number of halogens is 2. The van der Waals surface area contributed by atoms with Crippen molar-refractivity contribution < 1.29 is 23.4 Å². The zero-order chi connectivity index (χ0) is 16.6. The van der Waals surface area contributed by atoms with Crippen molar-refractivity contribution in [3.63, 3.8) is 0 Å². The molecular formula is C18H16F2O3. The number of ether oxygens (including phenoxy) is 1. The van der Waals surface area contributed by atoms with Crippen LogP contribution in [0.4, 0.5) is 8.78 Å². The standard InChI is InChI=1S/C18H16F2O3/c1-2-3-11-8-10-4-6-14(16(20)17(10)23-18(11)22)13-7-5-12(21)9-15(13)19/h4-7,9,11,21H,2-3,8H2,1H3. The highest BCUT2D eigenvalue weighted by atomic mass is 19.1. The summed E-state index contributed by atoms with van der Waals surface area (Å²) in [5.41, 5.74) is 0.626. The molecule has 0 aromatic heterocycles. The van der Waals surface area contributed by atoms with E-state index in [2.05, 4.69) is 0 Å². The van der Waals surface area contributed by atoms with Crippen LogP contribution in [0.5, 0.6) is 11.5 Å². The van der Waals surface area contributed by atoms with Crippen molar-refractivity contribution in [3.05, 3.63) is 47.5 Å². The van der Waals surface area contributed by atoms with Crippen LogP contribution in [-0.4, -0.2) is 11.1 Å². The van der Waals surface area contributed by atoms with E-state index in [0.29, 0.717) is 18.4 Å². The molecule has 0 spiro atoms. The van der Waals surface area contributed by atoms with Gasteiger partial charge in [-0.1, -0.05) is 25.5 Å². The lowest BCUT2D eigenvalue weighted by atomic mass is 9.90. The smallest absolute Gasteiger partial charge is 0.314 e. The molecule has 5 heteroatoms. The topological polar surface area (TPSA) is 46.5 Å². The summed E-state index contributed by atoms with van der Waals surface area (Å²) < 4.78 is 33.8. The van der Waals surface area contributed by atoms with E-state index in [1.54, 1.807) is 6.07 Å². The average Bonchev–Trinajstić information content (AvgIpc) is 2.50. The molecule has 120 valence electrons. The van der Waals surface area contributed by atoms with Crippen molar-refractivity contribution in [1.82, 2.24) is 0 Å². The van der Waals surface area contributed by atoms with E-state index in [9.17, 15) is 18.7 Å². The lowest BCUT2D eigenvalue weighted by molar-refractivity contribution is -0.140. The Morgan fingerprint density at radius 3 is 2.65 bits per heavy atom. The lowest BCUT2D eigenvalue weighted by Crippen LogP contribution is -2.28. The van der Waals surface area contributed by atoms with Gasteiger partial charge < -0.3 is 9.84 Å². The molecule has 23 heavy (non-hydrogen) atoms. The summed E-state index contributed by atoms with van der Waals surface area (Å²) in [6.07, 6.45) is 1.96. The first-order valence-corrected chi connectivity index (χ1v) is 7.53. The zero-order valence-electron chi connectivity index (χ0n) is 12.6. The number of carbonyl (C=O) groups excluding carboxylic acids is 1. The number of phenols is 1. The minimum Gasteiger partial charge on any atom is -0.508 e. The van der Waals surface area contributed by atoms with Gasteiger partial charge in [-0.05, 0) is 30.5 Å². The van der Waals surface area contributed by atoms with Crippen molar-refractivity contribution in [2.75, 3.05) is 0 Å². The minimum absolute atomic E-state index is 0.00277. The Morgan fingerprint density at radius 2 is 1.96 bits per heavy atom. The van der Waals surface area contributed by atoms with Gasteiger partial charge in [-0.2, -0.15) is 0 Å². The molecule has 0 radical (unpaired) electrons. The Balaban J connectivity index is 2.04. The van der Waals surface area contributed by atoms with E-state index in [-0.39, 0.29) is 28.5 Å². The summed E-state index contributed by atoms with van der Waals surface area (Å²) in [7, 11) is 0. The Kier molecular flexibility index (Phi) is 4.03. The molecule has 3 rings (SSSR count). The number of hydrogen-bond acceptors (Lipinski definition) is 3. The van der Waals surface area contributed by atoms with E-state index in [0.717, 1.165) is 12.5 Å². The number of hydrogen-bond donors (Lipinski definition) is 1. The van der Waals surface area contributed by atoms with Crippen LogP contribution in [0.15, 0.2) is 30.3 Å². The molecule has 2 aromatic carbocycles. The van der Waals surface area contributed by atoms with Gasteiger partial charge in [0.1, 0.15) is 11.6 Å². The number of carbonyl (C=O) groups is 1. The number of aromatic hydroxyl groups is 1. The number of rotatable bonds is 3. The predicted molar refractivity (Wildman–Crippen MR) is 81.2 cm³/mol. The fourth-order valence-electron chi connectivity index (χ4n) is 2.90. The Labute approximate surface area is 132 Å². The van der Waals surface area contributed by atoms with Crippen LogP contribution in [0.3, 0.4) is 0 Å². The predicted octanol–water partition coefficient (Wildman–Crippen LogP) is 4.22. The van der Waals surface area contributed by atoms with Gasteiger partial charge in [0.05, 0.1) is 5.92 Å². The van der Waals surface area contributed by atoms with Crippen LogP contribution in [0.1, 0.15) is 25.3 Å². The number of fused-ring (bicyclic) bond motifs is 1. The number of phenolic OH excluding ortho intramolecular Hbond substituents is 1. The summed E-state index contributed by atoms with van der Waals surface area (Å²) in [5, 5.41) is 9.26. The maximum Gasteiger partial charge on any atom is 0.314 e. The molecule has 0 saturated heterocycles. The van der Waals surface area contributed by atoms with Gasteiger partial charge in [-0.15, -0.1) is 0 Å². The van der Waals surface area contributed by atoms with E-state index in [1.807, 2.05) is 6.92 Å². The highest BCUT2D eigenvalue weighted by Crippen LogP contribution is 2.38. The summed E-state index contributed by atoms with van der Waals surface area (Å²) in [4.78, 5) is 12.0. The van der Waals surface area contributed by atoms with Crippen LogP contribution < -0.4 is 4.74 Å². The van der Waals surface area contributed by atoms with E-state index in [4.69, 9.17) is 4.74 Å². The third kappa shape index (κ3) is 2.79. The van der Waals surface area contributed by atoms with Gasteiger partial charge in [0.25, 0.3) is 0 Å². The summed E-state index contributed by atoms with van der Waals surface area (Å²) in [5.74, 6) is -2.55. The molecule has 1 aliphatic rings. The lowest BCUT2D eigenvalue weighted by Gasteiger charge is -2.24. The molecule has 1 atom stereocenters. The second-order valence-electron chi connectivity index (χ2n) is 5.69. The first-order chi connectivity index (χ1) is 11.0. The number of esters is 1. The monoisotopic (exact) mass is 318 g/mol. The number of benzene rings is 2. The zero-order valence-corrected chi connectivity index (χ0v) is 12.6. The first kappa shape index (κ1) is 15.5. The Hall–Kier alpha value is -2.43. The van der Waals surface area contributed by atoms with Gasteiger partial charge in [0, 0.05) is 17.2 Å². The first-order valence-electron chi connectivity index (χ1n) is 7.53. The van der Waals surface area contributed by atoms with Crippen LogP contribution >= 0.6 is 0 Å². The molecule has 0 bridgehead atoms. The summed E-state index contributed by atoms with van der Waals surface area (Å²) in [6.45, 7) is 1.97. The molecule has 0 aliphatic carbocycles. The maximum atomic E-state index is 14.7. The van der Waals surface area contributed by atoms with Crippen LogP contribution in [0, 0.1) is 17.6 Å². The molecule has 0 amide bonds. The van der Waals surface area contributed by atoms with Crippen LogP contribution in [0.25, 0.3) is 11.1 Å². The molecular weight excluding hydrogens is 302 g/mol. The average molecular weight is 318 g/mol. The summed E-state index contributed by atoms with van der Waals surface area (Å²) in [6, 6.07) is 6.62. The third-order valence-corrected chi connectivity index (χ3v) is 4.06. The maximum absolute atomic E-state index is 14.7. The van der Waals surface area contributed by atoms with E-state index < -0.39 is 17.6 Å². The molecule has 1 aliphatic heterocycles. The van der Waals surface area contributed by atoms with Crippen molar-refractivity contribution in [1.29, 1.82) is 0 Å². The normalized spacial score (nSPS) is 16.8. The molecule has 2 aromatic rings. The highest BCUT2D eigenvalue weighted by molar-refractivity contribution is 5.80. The SMILES string of the molecule is CCCC1Cc2ccc(-c3ccc(O)cc3F)c(F)c2OC1=O. The fraction of sp³-hybridized carbons (Fsp3) is 0.278. The molecule has 1 N–H and O–H groups in total. The highest BCUT2D eigenvalue weighted by Gasteiger charge is 2.31. The Bertz CT molecular complexity index is 771. The fourth-order valence-corrected chi connectivity index (χ4v) is 2.90. The van der Waals surface area contributed by atoms with Crippen molar-refractivity contribution >= 4 is 5.97 Å². The van der Waals surface area contributed by atoms with Crippen LogP contribution in [0.2, 0.25) is 0 Å². The van der Waals surface area contributed by atoms with E-state index >= 15 is 0 Å². The molecule has 1 heterocycles. The molecule has 0 saturated carbocycles. The third-order valence-electron chi connectivity index (χ3n) is 4.06. The molecule has 1 unspecified atom stereocenters. The second kappa shape index (κ2) is 5.99. The van der Waals surface area contributed by atoms with Crippen molar-refractivity contribution in [3.8, 4) is 22.6 Å². The van der Waals surface area contributed by atoms with Crippen LogP contribution in [-0.2, 0) is 11.2 Å². The van der Waals surface area contributed by atoms with Gasteiger partial charge >= 0.3 is 5.97 Å². The largest absolute Gasteiger partial charge is 0.508 e. The van der Waals surface area contributed by atoms with E-state index in [1.165, 1.54) is 18.2 Å². The minimum atomic E-state index is -0.754. The van der Waals surface area contributed by atoms with Gasteiger partial charge in [-0.25, -0.2) is 8.78 Å². The van der Waals surface area contributed by atoms with Gasteiger partial charge in [0.15, 0.2) is 11.6 Å². The van der Waals surface area contributed by atoms with Gasteiger partial charge in [0.2, 0.25) is 0 Å². The van der Waals surface area contributed by atoms with Gasteiger partial charge in [-0.3, -0.25) is 4.79 Å². The Morgan fingerprint density at radius 1 is 1.22 bits per heavy atom. The molecule has 3 nitrogen and oxygen atoms in total. The van der Waals surface area contributed by atoms with Crippen molar-refractivity contribution in [2.45, 2.75) is 26.2 Å². The molecule has 0 fully saturated rings. The summed E-state index contributed by atoms with van der Waals surface area (Å²) >= 11 is 0. The van der Waals surface area contributed by atoms with Crippen molar-refractivity contribution in [2.24, 2.45) is 5.92 Å². The second-order valence-corrected chi connectivity index (χ2v) is 5.69.